The number of hydrogen-bond donors (Lipinski definition) is 2. The Labute approximate surface area is 103 Å². The van der Waals surface area contributed by atoms with Crippen molar-refractivity contribution < 1.29 is 15.0 Å². The molecule has 17 heavy (non-hydrogen) atoms. The molecule has 0 radical (unpaired) electrons. The molecule has 1 heterocycles. The lowest BCUT2D eigenvalue weighted by Crippen LogP contribution is -2.49. The molecular formula is C12H24N2O3. The summed E-state index contributed by atoms with van der Waals surface area (Å²) >= 11 is 0. The summed E-state index contributed by atoms with van der Waals surface area (Å²) < 4.78 is 0. The molecule has 1 aliphatic heterocycles. The van der Waals surface area contributed by atoms with Gasteiger partial charge in [0.1, 0.15) is 0 Å². The summed E-state index contributed by atoms with van der Waals surface area (Å²) in [6.07, 6.45) is -0.907. The largest absolute Gasteiger partial charge is 0.481 e. The van der Waals surface area contributed by atoms with Gasteiger partial charge in [0, 0.05) is 39.3 Å². The van der Waals surface area contributed by atoms with Crippen LogP contribution in [-0.4, -0.2) is 71.4 Å². The molecule has 100 valence electrons. The number of aliphatic hydroxyl groups excluding tert-OH is 1. The SMILES string of the molecule is CC(C)CN1CCN(CC(O)CC(=O)O)CC1. The van der Waals surface area contributed by atoms with Gasteiger partial charge in [-0.2, -0.15) is 0 Å². The van der Waals surface area contributed by atoms with E-state index in [4.69, 9.17) is 5.11 Å². The van der Waals surface area contributed by atoms with Gasteiger partial charge in [0.15, 0.2) is 0 Å². The second-order valence-electron chi connectivity index (χ2n) is 5.25. The molecule has 0 saturated carbocycles. The topological polar surface area (TPSA) is 64.0 Å². The highest BCUT2D eigenvalue weighted by Gasteiger charge is 2.20. The molecule has 0 amide bonds. The van der Waals surface area contributed by atoms with Crippen molar-refractivity contribution in [3.05, 3.63) is 0 Å². The average Bonchev–Trinajstić information content (AvgIpc) is 2.18. The van der Waals surface area contributed by atoms with E-state index in [0.717, 1.165) is 32.7 Å². The summed E-state index contributed by atoms with van der Waals surface area (Å²) in [6, 6.07) is 0. The normalized spacial score (nSPS) is 20.7. The molecule has 0 aliphatic carbocycles. The lowest BCUT2D eigenvalue weighted by atomic mass is 10.1. The zero-order valence-corrected chi connectivity index (χ0v) is 10.8. The van der Waals surface area contributed by atoms with Crippen LogP contribution in [0, 0.1) is 5.92 Å². The average molecular weight is 244 g/mol. The van der Waals surface area contributed by atoms with Gasteiger partial charge in [-0.15, -0.1) is 0 Å². The van der Waals surface area contributed by atoms with E-state index in [1.54, 1.807) is 0 Å². The van der Waals surface area contributed by atoms with Gasteiger partial charge in [0.2, 0.25) is 0 Å². The van der Waals surface area contributed by atoms with Crippen LogP contribution in [-0.2, 0) is 4.79 Å². The van der Waals surface area contributed by atoms with Crippen molar-refractivity contribution in [2.45, 2.75) is 26.4 Å². The summed E-state index contributed by atoms with van der Waals surface area (Å²) in [4.78, 5) is 15.0. The molecule has 5 heteroatoms. The van der Waals surface area contributed by atoms with Crippen molar-refractivity contribution in [2.24, 2.45) is 5.92 Å². The van der Waals surface area contributed by atoms with E-state index < -0.39 is 12.1 Å². The zero-order chi connectivity index (χ0) is 12.8. The summed E-state index contributed by atoms with van der Waals surface area (Å²) in [6.45, 7) is 9.88. The number of aliphatic carboxylic acids is 1. The lowest BCUT2D eigenvalue weighted by Gasteiger charge is -2.36. The highest BCUT2D eigenvalue weighted by Crippen LogP contribution is 2.06. The molecule has 1 unspecified atom stereocenters. The standard InChI is InChI=1S/C12H24N2O3/c1-10(2)8-13-3-5-14(6-4-13)9-11(15)7-12(16)17/h10-11,15H,3-9H2,1-2H3,(H,16,17). The number of rotatable bonds is 6. The number of carboxylic acids is 1. The first-order valence-electron chi connectivity index (χ1n) is 6.32. The number of carboxylic acid groups (broad SMARTS) is 1. The van der Waals surface area contributed by atoms with E-state index in [-0.39, 0.29) is 6.42 Å². The monoisotopic (exact) mass is 244 g/mol. The van der Waals surface area contributed by atoms with Crippen LogP contribution in [0.2, 0.25) is 0 Å². The Kier molecular flexibility index (Phi) is 5.88. The lowest BCUT2D eigenvalue weighted by molar-refractivity contribution is -0.139. The maximum absolute atomic E-state index is 10.4. The van der Waals surface area contributed by atoms with Crippen LogP contribution in [0.3, 0.4) is 0 Å². The molecule has 0 spiro atoms. The molecule has 0 aromatic heterocycles. The fourth-order valence-electron chi connectivity index (χ4n) is 2.24. The van der Waals surface area contributed by atoms with E-state index in [1.165, 1.54) is 0 Å². The molecule has 1 rings (SSSR count). The van der Waals surface area contributed by atoms with Gasteiger partial charge >= 0.3 is 5.97 Å². The Morgan fingerprint density at radius 1 is 1.12 bits per heavy atom. The van der Waals surface area contributed by atoms with Gasteiger partial charge in [-0.3, -0.25) is 9.69 Å². The third kappa shape index (κ3) is 6.00. The van der Waals surface area contributed by atoms with Gasteiger partial charge < -0.3 is 15.1 Å². The maximum atomic E-state index is 10.4. The molecule has 2 N–H and O–H groups in total. The van der Waals surface area contributed by atoms with E-state index in [2.05, 4.69) is 23.6 Å². The predicted octanol–water partition coefficient (Wildman–Crippen LogP) is 0.0956. The van der Waals surface area contributed by atoms with Crippen molar-refractivity contribution in [3.8, 4) is 0 Å². The first kappa shape index (κ1) is 14.4. The molecule has 0 aromatic rings. The van der Waals surface area contributed by atoms with E-state index in [0.29, 0.717) is 12.5 Å². The third-order valence-electron chi connectivity index (χ3n) is 2.97. The van der Waals surface area contributed by atoms with Crippen LogP contribution in [0.25, 0.3) is 0 Å². The number of piperazine rings is 1. The van der Waals surface area contributed by atoms with Crippen molar-refractivity contribution in [1.29, 1.82) is 0 Å². The molecule has 1 atom stereocenters. The minimum absolute atomic E-state index is 0.161. The van der Waals surface area contributed by atoms with E-state index in [9.17, 15) is 9.90 Å². The fraction of sp³-hybridized carbons (Fsp3) is 0.917. The van der Waals surface area contributed by atoms with Crippen molar-refractivity contribution in [3.63, 3.8) is 0 Å². The number of hydrogen-bond acceptors (Lipinski definition) is 4. The molecule has 1 fully saturated rings. The first-order chi connectivity index (χ1) is 7.97. The molecular weight excluding hydrogens is 220 g/mol. The van der Waals surface area contributed by atoms with Crippen molar-refractivity contribution in [2.75, 3.05) is 39.3 Å². The third-order valence-corrected chi connectivity index (χ3v) is 2.97. The zero-order valence-electron chi connectivity index (χ0n) is 10.8. The Morgan fingerprint density at radius 3 is 2.00 bits per heavy atom. The smallest absolute Gasteiger partial charge is 0.306 e. The number of aliphatic hydroxyl groups is 1. The van der Waals surface area contributed by atoms with Crippen LogP contribution >= 0.6 is 0 Å². The predicted molar refractivity (Wildman–Crippen MR) is 66.0 cm³/mol. The molecule has 0 bridgehead atoms. The van der Waals surface area contributed by atoms with Crippen LogP contribution in [0.1, 0.15) is 20.3 Å². The van der Waals surface area contributed by atoms with Gasteiger partial charge in [-0.25, -0.2) is 0 Å². The van der Waals surface area contributed by atoms with Gasteiger partial charge in [-0.05, 0) is 5.92 Å². The minimum atomic E-state index is -0.934. The molecule has 5 nitrogen and oxygen atoms in total. The van der Waals surface area contributed by atoms with Gasteiger partial charge in [-0.1, -0.05) is 13.8 Å². The van der Waals surface area contributed by atoms with E-state index >= 15 is 0 Å². The summed E-state index contributed by atoms with van der Waals surface area (Å²) in [5, 5.41) is 18.1. The Hall–Kier alpha value is -0.650. The van der Waals surface area contributed by atoms with Crippen LogP contribution in [0.15, 0.2) is 0 Å². The fourth-order valence-corrected chi connectivity index (χ4v) is 2.24. The Balaban J connectivity index is 2.20. The Morgan fingerprint density at radius 2 is 1.59 bits per heavy atom. The second-order valence-corrected chi connectivity index (χ2v) is 5.25. The molecule has 0 aromatic carbocycles. The molecule has 1 saturated heterocycles. The summed E-state index contributed by atoms with van der Waals surface area (Å²) in [5.74, 6) is -0.255. The second kappa shape index (κ2) is 6.93. The van der Waals surface area contributed by atoms with Crippen LogP contribution < -0.4 is 0 Å². The molecule has 1 aliphatic rings. The highest BCUT2D eigenvalue weighted by atomic mass is 16.4. The number of carbonyl (C=O) groups is 1. The first-order valence-corrected chi connectivity index (χ1v) is 6.32. The van der Waals surface area contributed by atoms with Crippen LogP contribution in [0.5, 0.6) is 0 Å². The van der Waals surface area contributed by atoms with Crippen molar-refractivity contribution >= 4 is 5.97 Å². The van der Waals surface area contributed by atoms with Gasteiger partial charge in [0.25, 0.3) is 0 Å². The highest BCUT2D eigenvalue weighted by molar-refractivity contribution is 5.67. The Bertz CT molecular complexity index is 238. The van der Waals surface area contributed by atoms with E-state index in [1.807, 2.05) is 0 Å². The van der Waals surface area contributed by atoms with Gasteiger partial charge in [0.05, 0.1) is 12.5 Å². The quantitative estimate of drug-likeness (QED) is 0.693. The minimum Gasteiger partial charge on any atom is -0.481 e. The maximum Gasteiger partial charge on any atom is 0.306 e. The summed E-state index contributed by atoms with van der Waals surface area (Å²) in [5.41, 5.74) is 0. The van der Waals surface area contributed by atoms with Crippen molar-refractivity contribution in [1.82, 2.24) is 9.80 Å². The number of nitrogens with zero attached hydrogens (tertiary/aromatic N) is 2. The number of β-amino-alcohol motifs (C(OH)–C–C–N with tert-alkyl or cyclic N) is 1. The summed E-state index contributed by atoms with van der Waals surface area (Å²) in [7, 11) is 0. The van der Waals surface area contributed by atoms with Crippen LogP contribution in [0.4, 0.5) is 0 Å².